The minimum atomic E-state index is -0.711. The number of amides is 2. The first-order valence-electron chi connectivity index (χ1n) is 8.43. The molecule has 0 unspecified atom stereocenters. The van der Waals surface area contributed by atoms with Gasteiger partial charge in [0.2, 0.25) is 5.91 Å². The molecule has 1 aromatic heterocycles. The number of nitrogens with two attached hydrogens (primary N) is 1. The Labute approximate surface area is 146 Å². The van der Waals surface area contributed by atoms with Gasteiger partial charge >= 0.3 is 5.97 Å². The molecule has 0 radical (unpaired) electrons. The quantitative estimate of drug-likeness (QED) is 0.740. The Balaban J connectivity index is 2.27. The van der Waals surface area contributed by atoms with E-state index in [1.165, 1.54) is 12.3 Å². The lowest BCUT2D eigenvalue weighted by atomic mass is 9.98. The van der Waals surface area contributed by atoms with Gasteiger partial charge in [0.25, 0.3) is 5.91 Å². The topological polar surface area (TPSA) is 121 Å². The molecule has 3 N–H and O–H groups in total. The summed E-state index contributed by atoms with van der Waals surface area (Å²) in [6.07, 6.45) is 6.15. The van der Waals surface area contributed by atoms with Crippen LogP contribution in [0.25, 0.3) is 0 Å². The molecule has 1 heterocycles. The molecule has 1 saturated carbocycles. The van der Waals surface area contributed by atoms with Crippen molar-refractivity contribution in [2.45, 2.75) is 45.1 Å². The van der Waals surface area contributed by atoms with Crippen LogP contribution in [0.4, 0.5) is 0 Å². The van der Waals surface area contributed by atoms with E-state index in [4.69, 9.17) is 15.2 Å². The largest absolute Gasteiger partial charge is 0.488 e. The highest BCUT2D eigenvalue weighted by Gasteiger charge is 2.23. The lowest BCUT2D eigenvalue weighted by Crippen LogP contribution is -2.36. The monoisotopic (exact) mass is 349 g/mol. The molecule has 1 aliphatic rings. The predicted molar refractivity (Wildman–Crippen MR) is 89.2 cm³/mol. The Morgan fingerprint density at radius 2 is 2.00 bits per heavy atom. The SMILES string of the molecule is CCOC(=O)c1cnc(C(=O)NC(=O)CN)c(OC2CCCCC2)c1. The molecule has 0 saturated heterocycles. The second-order valence-electron chi connectivity index (χ2n) is 5.75. The van der Waals surface area contributed by atoms with Gasteiger partial charge in [-0.2, -0.15) is 0 Å². The van der Waals surface area contributed by atoms with Crippen molar-refractivity contribution in [3.8, 4) is 5.75 Å². The van der Waals surface area contributed by atoms with E-state index in [-0.39, 0.29) is 36.3 Å². The summed E-state index contributed by atoms with van der Waals surface area (Å²) >= 11 is 0. The number of hydrogen-bond donors (Lipinski definition) is 2. The summed E-state index contributed by atoms with van der Waals surface area (Å²) in [7, 11) is 0. The van der Waals surface area contributed by atoms with Gasteiger partial charge in [-0.3, -0.25) is 14.9 Å². The zero-order valence-corrected chi connectivity index (χ0v) is 14.2. The number of pyridine rings is 1. The third-order valence-corrected chi connectivity index (χ3v) is 3.86. The number of carbonyl (C=O) groups excluding carboxylic acids is 3. The molecule has 8 nitrogen and oxygen atoms in total. The summed E-state index contributed by atoms with van der Waals surface area (Å²) < 4.78 is 10.9. The average Bonchev–Trinajstić information content (AvgIpc) is 2.62. The van der Waals surface area contributed by atoms with Gasteiger partial charge in [-0.25, -0.2) is 9.78 Å². The molecule has 0 atom stereocenters. The van der Waals surface area contributed by atoms with Crippen molar-refractivity contribution >= 4 is 17.8 Å². The maximum absolute atomic E-state index is 12.2. The normalized spacial score (nSPS) is 14.6. The number of esters is 1. The summed E-state index contributed by atoms with van der Waals surface area (Å²) in [6.45, 7) is 1.61. The standard InChI is InChI=1S/C17H23N3O5/c1-2-24-17(23)11-8-13(25-12-6-4-3-5-7-12)15(19-10-11)16(22)20-14(21)9-18/h8,10,12H,2-7,9,18H2,1H3,(H,20,21,22). The Morgan fingerprint density at radius 3 is 2.64 bits per heavy atom. The molecule has 0 bridgehead atoms. The highest BCUT2D eigenvalue weighted by Crippen LogP contribution is 2.26. The zero-order valence-electron chi connectivity index (χ0n) is 14.2. The van der Waals surface area contributed by atoms with Crippen LogP contribution in [0.5, 0.6) is 5.75 Å². The third kappa shape index (κ3) is 5.25. The number of hydrogen-bond acceptors (Lipinski definition) is 7. The number of nitrogens with zero attached hydrogens (tertiary/aromatic N) is 1. The van der Waals surface area contributed by atoms with Crippen LogP contribution in [0.1, 0.15) is 59.9 Å². The molecule has 1 fully saturated rings. The van der Waals surface area contributed by atoms with E-state index in [1.54, 1.807) is 6.92 Å². The molecule has 136 valence electrons. The highest BCUT2D eigenvalue weighted by molar-refractivity contribution is 6.06. The Hall–Kier alpha value is -2.48. The van der Waals surface area contributed by atoms with Gasteiger partial charge in [0.05, 0.1) is 24.8 Å². The van der Waals surface area contributed by atoms with Crippen LogP contribution in [-0.4, -0.2) is 42.0 Å². The molecule has 1 aliphatic carbocycles. The van der Waals surface area contributed by atoms with Gasteiger partial charge in [-0.15, -0.1) is 0 Å². The van der Waals surface area contributed by atoms with Gasteiger partial charge in [0.1, 0.15) is 0 Å². The molecule has 0 spiro atoms. The molecule has 0 aliphatic heterocycles. The van der Waals surface area contributed by atoms with E-state index < -0.39 is 17.8 Å². The van der Waals surface area contributed by atoms with Gasteiger partial charge in [0.15, 0.2) is 11.4 Å². The Morgan fingerprint density at radius 1 is 1.28 bits per heavy atom. The molecular weight excluding hydrogens is 326 g/mol. The second-order valence-corrected chi connectivity index (χ2v) is 5.75. The van der Waals surface area contributed by atoms with Gasteiger partial charge in [-0.1, -0.05) is 6.42 Å². The highest BCUT2D eigenvalue weighted by atomic mass is 16.5. The molecular formula is C17H23N3O5. The van der Waals surface area contributed by atoms with E-state index in [0.717, 1.165) is 32.1 Å². The first-order valence-corrected chi connectivity index (χ1v) is 8.43. The molecule has 2 amide bonds. The fourth-order valence-corrected chi connectivity index (χ4v) is 2.63. The van der Waals surface area contributed by atoms with Crippen LogP contribution < -0.4 is 15.8 Å². The fraction of sp³-hybridized carbons (Fsp3) is 0.529. The van der Waals surface area contributed by atoms with Crippen molar-refractivity contribution < 1.29 is 23.9 Å². The summed E-state index contributed by atoms with van der Waals surface area (Å²) in [5, 5.41) is 2.14. The van der Waals surface area contributed by atoms with Crippen molar-refractivity contribution in [3.63, 3.8) is 0 Å². The smallest absolute Gasteiger partial charge is 0.339 e. The van der Waals surface area contributed by atoms with Crippen LogP contribution in [0, 0.1) is 0 Å². The summed E-state index contributed by atoms with van der Waals surface area (Å²) in [5.41, 5.74) is 5.34. The van der Waals surface area contributed by atoms with E-state index >= 15 is 0 Å². The van der Waals surface area contributed by atoms with E-state index in [0.29, 0.717) is 0 Å². The van der Waals surface area contributed by atoms with Crippen molar-refractivity contribution in [2.75, 3.05) is 13.2 Å². The average molecular weight is 349 g/mol. The first-order chi connectivity index (χ1) is 12.0. The lowest BCUT2D eigenvalue weighted by Gasteiger charge is -2.24. The van der Waals surface area contributed by atoms with Crippen molar-refractivity contribution in [1.82, 2.24) is 10.3 Å². The van der Waals surface area contributed by atoms with Gasteiger partial charge < -0.3 is 15.2 Å². The number of aromatic nitrogens is 1. The number of imide groups is 1. The van der Waals surface area contributed by atoms with Crippen LogP contribution in [-0.2, 0) is 9.53 Å². The van der Waals surface area contributed by atoms with E-state index in [9.17, 15) is 14.4 Å². The lowest BCUT2D eigenvalue weighted by molar-refractivity contribution is -0.118. The summed E-state index contributed by atoms with van der Waals surface area (Å²) in [6, 6.07) is 1.43. The maximum Gasteiger partial charge on any atom is 0.339 e. The van der Waals surface area contributed by atoms with Crippen LogP contribution in [0.15, 0.2) is 12.3 Å². The fourth-order valence-electron chi connectivity index (χ4n) is 2.63. The van der Waals surface area contributed by atoms with Gasteiger partial charge in [0, 0.05) is 6.20 Å². The Bertz CT molecular complexity index is 641. The third-order valence-electron chi connectivity index (χ3n) is 3.86. The van der Waals surface area contributed by atoms with Crippen molar-refractivity contribution in [2.24, 2.45) is 5.73 Å². The summed E-state index contributed by atoms with van der Waals surface area (Å²) in [4.78, 5) is 39.5. The number of nitrogens with one attached hydrogen (secondary N) is 1. The van der Waals surface area contributed by atoms with Crippen LogP contribution >= 0.6 is 0 Å². The second kappa shape index (κ2) is 9.12. The van der Waals surface area contributed by atoms with E-state index in [1.807, 2.05) is 0 Å². The summed E-state index contributed by atoms with van der Waals surface area (Å²) in [5.74, 6) is -1.71. The molecule has 1 aromatic rings. The molecule has 25 heavy (non-hydrogen) atoms. The predicted octanol–water partition coefficient (Wildman–Crippen LogP) is 1.18. The van der Waals surface area contributed by atoms with Gasteiger partial charge in [-0.05, 0) is 38.7 Å². The minimum Gasteiger partial charge on any atom is -0.488 e. The molecule has 8 heteroatoms. The van der Waals surface area contributed by atoms with E-state index in [2.05, 4.69) is 10.3 Å². The Kier molecular flexibility index (Phi) is 6.88. The number of ether oxygens (including phenoxy) is 2. The van der Waals surface area contributed by atoms with Crippen LogP contribution in [0.3, 0.4) is 0 Å². The van der Waals surface area contributed by atoms with Crippen molar-refractivity contribution in [1.29, 1.82) is 0 Å². The van der Waals surface area contributed by atoms with Crippen LogP contribution in [0.2, 0.25) is 0 Å². The maximum atomic E-state index is 12.2. The zero-order chi connectivity index (χ0) is 18.2. The first kappa shape index (κ1) is 18.9. The van der Waals surface area contributed by atoms with Crippen molar-refractivity contribution in [3.05, 3.63) is 23.5 Å². The number of rotatable bonds is 6. The minimum absolute atomic E-state index is 0.0512. The molecule has 2 rings (SSSR count). The molecule has 0 aromatic carbocycles. The number of carbonyl (C=O) groups is 3.